The quantitative estimate of drug-likeness (QED) is 0.470. The Morgan fingerprint density at radius 2 is 2.00 bits per heavy atom. The number of carbonyl (C=O) groups is 1. The molecule has 0 aliphatic rings. The van der Waals surface area contributed by atoms with E-state index in [1.807, 2.05) is 0 Å². The van der Waals surface area contributed by atoms with Gasteiger partial charge in [-0.2, -0.15) is 0 Å². The van der Waals surface area contributed by atoms with E-state index in [0.717, 1.165) is 0 Å². The molecule has 112 valence electrons. The molecule has 0 aliphatic heterocycles. The van der Waals surface area contributed by atoms with Crippen LogP contribution in [0.3, 0.4) is 0 Å². The largest absolute Gasteiger partial charge is 0.491 e. The van der Waals surface area contributed by atoms with E-state index in [-0.39, 0.29) is 21.7 Å². The Kier molecular flexibility index (Phi) is 6.12. The molecule has 1 aromatic rings. The Labute approximate surface area is 129 Å². The van der Waals surface area contributed by atoms with Crippen molar-refractivity contribution in [3.63, 3.8) is 0 Å². The van der Waals surface area contributed by atoms with Crippen molar-refractivity contribution in [3.8, 4) is 5.75 Å². The lowest BCUT2D eigenvalue weighted by Gasteiger charge is -2.15. The number of rotatable bonds is 5. The fourth-order valence-electron chi connectivity index (χ4n) is 1.60. The number of halogens is 3. The Balaban J connectivity index is 2.98. The number of carbonyl (C=O) groups excluding carboxylic acids is 1. The second-order valence-corrected chi connectivity index (χ2v) is 5.64. The third-order valence-electron chi connectivity index (χ3n) is 2.49. The summed E-state index contributed by atoms with van der Waals surface area (Å²) in [4.78, 5) is 11.6. The predicted molar refractivity (Wildman–Crippen MR) is 78.5 cm³/mol. The van der Waals surface area contributed by atoms with Crippen molar-refractivity contribution in [2.45, 2.75) is 32.4 Å². The molecule has 4 nitrogen and oxygen atoms in total. The van der Waals surface area contributed by atoms with Crippen LogP contribution < -0.4 is 10.5 Å². The fraction of sp³-hybridized carbons (Fsp3) is 0.462. The zero-order valence-corrected chi connectivity index (χ0v) is 13.5. The zero-order chi connectivity index (χ0) is 15.4. The van der Waals surface area contributed by atoms with E-state index in [0.29, 0.717) is 0 Å². The van der Waals surface area contributed by atoms with Crippen molar-refractivity contribution in [2.24, 2.45) is 5.73 Å². The molecule has 0 aromatic heterocycles. The zero-order valence-electron chi connectivity index (χ0n) is 11.4. The maximum Gasteiger partial charge on any atom is 0.323 e. The minimum absolute atomic E-state index is 0.0932. The van der Waals surface area contributed by atoms with Crippen molar-refractivity contribution < 1.29 is 23.0 Å². The van der Waals surface area contributed by atoms with E-state index in [1.165, 1.54) is 13.2 Å². The maximum absolute atomic E-state index is 14.0. The van der Waals surface area contributed by atoms with Crippen LogP contribution in [-0.4, -0.2) is 25.2 Å². The number of hydrogen-bond acceptors (Lipinski definition) is 4. The summed E-state index contributed by atoms with van der Waals surface area (Å²) >= 11 is 1.72. The Bertz CT molecular complexity index is 509. The molecule has 20 heavy (non-hydrogen) atoms. The van der Waals surface area contributed by atoms with E-state index in [9.17, 15) is 13.6 Å². The summed E-state index contributed by atoms with van der Waals surface area (Å²) in [5.41, 5.74) is 5.78. The van der Waals surface area contributed by atoms with Crippen molar-refractivity contribution in [1.29, 1.82) is 0 Å². The molecular weight excluding hydrogens is 383 g/mol. The highest BCUT2D eigenvalue weighted by atomic mass is 127. The highest BCUT2D eigenvalue weighted by molar-refractivity contribution is 14.1. The second kappa shape index (κ2) is 7.16. The van der Waals surface area contributed by atoms with Gasteiger partial charge < -0.3 is 15.2 Å². The van der Waals surface area contributed by atoms with Gasteiger partial charge in [0.05, 0.1) is 16.8 Å². The van der Waals surface area contributed by atoms with Gasteiger partial charge in [-0.3, -0.25) is 4.79 Å². The van der Waals surface area contributed by atoms with Gasteiger partial charge in [-0.15, -0.1) is 0 Å². The topological polar surface area (TPSA) is 61.5 Å². The van der Waals surface area contributed by atoms with Crippen molar-refractivity contribution in [3.05, 3.63) is 26.8 Å². The molecule has 0 saturated carbocycles. The van der Waals surface area contributed by atoms with Crippen LogP contribution in [-0.2, 0) is 16.0 Å². The third kappa shape index (κ3) is 4.02. The molecular formula is C13H16F2INO3. The van der Waals surface area contributed by atoms with Gasteiger partial charge in [0.15, 0.2) is 17.4 Å². The minimum Gasteiger partial charge on any atom is -0.491 e. The van der Waals surface area contributed by atoms with Gasteiger partial charge in [-0.25, -0.2) is 8.78 Å². The van der Waals surface area contributed by atoms with Crippen LogP contribution >= 0.6 is 22.6 Å². The first-order valence-electron chi connectivity index (χ1n) is 5.94. The SMILES string of the molecule is COc1c(F)c(I)cc(CC(N)C(=O)OC(C)C)c1F. The first-order chi connectivity index (χ1) is 9.27. The summed E-state index contributed by atoms with van der Waals surface area (Å²) in [7, 11) is 1.17. The van der Waals surface area contributed by atoms with Crippen LogP contribution in [0.2, 0.25) is 0 Å². The molecule has 0 saturated heterocycles. The molecule has 0 aliphatic carbocycles. The second-order valence-electron chi connectivity index (χ2n) is 4.47. The van der Waals surface area contributed by atoms with Gasteiger partial charge >= 0.3 is 5.97 Å². The molecule has 1 rings (SSSR count). The minimum atomic E-state index is -1.02. The van der Waals surface area contributed by atoms with E-state index >= 15 is 0 Å². The van der Waals surface area contributed by atoms with Crippen molar-refractivity contribution in [1.82, 2.24) is 0 Å². The van der Waals surface area contributed by atoms with E-state index in [1.54, 1.807) is 36.4 Å². The van der Waals surface area contributed by atoms with Crippen LogP contribution in [0, 0.1) is 15.2 Å². The lowest BCUT2D eigenvalue weighted by atomic mass is 10.1. The summed E-state index contributed by atoms with van der Waals surface area (Å²) in [5.74, 6) is -2.72. The Morgan fingerprint density at radius 1 is 1.40 bits per heavy atom. The average Bonchev–Trinajstić information content (AvgIpc) is 2.35. The summed E-state index contributed by atoms with van der Waals surface area (Å²) in [6, 6.07) is 0.286. The summed E-state index contributed by atoms with van der Waals surface area (Å²) in [5, 5.41) is 0. The number of esters is 1. The lowest BCUT2D eigenvalue weighted by Crippen LogP contribution is -2.36. The normalized spacial score (nSPS) is 12.4. The van der Waals surface area contributed by atoms with Crippen molar-refractivity contribution >= 4 is 28.6 Å². The van der Waals surface area contributed by atoms with Crippen LogP contribution in [0.5, 0.6) is 5.75 Å². The van der Waals surface area contributed by atoms with Gasteiger partial charge in [-0.05, 0) is 48.1 Å². The first-order valence-corrected chi connectivity index (χ1v) is 7.02. The Morgan fingerprint density at radius 3 is 2.50 bits per heavy atom. The van der Waals surface area contributed by atoms with Crippen molar-refractivity contribution in [2.75, 3.05) is 7.11 Å². The third-order valence-corrected chi connectivity index (χ3v) is 3.27. The van der Waals surface area contributed by atoms with Gasteiger partial charge in [0.1, 0.15) is 6.04 Å². The Hall–Kier alpha value is -0.960. The van der Waals surface area contributed by atoms with Crippen LogP contribution in [0.1, 0.15) is 19.4 Å². The molecule has 2 N–H and O–H groups in total. The van der Waals surface area contributed by atoms with Gasteiger partial charge in [0.25, 0.3) is 0 Å². The number of ether oxygens (including phenoxy) is 2. The number of hydrogen-bond donors (Lipinski definition) is 1. The number of methoxy groups -OCH3 is 1. The molecule has 0 amide bonds. The maximum atomic E-state index is 14.0. The highest BCUT2D eigenvalue weighted by Crippen LogP contribution is 2.29. The molecule has 0 fully saturated rings. The molecule has 1 unspecified atom stereocenters. The molecule has 0 bridgehead atoms. The smallest absolute Gasteiger partial charge is 0.323 e. The summed E-state index contributed by atoms with van der Waals surface area (Å²) < 4.78 is 37.5. The van der Waals surface area contributed by atoms with Crippen LogP contribution in [0.25, 0.3) is 0 Å². The lowest BCUT2D eigenvalue weighted by molar-refractivity contribution is -0.148. The fourth-order valence-corrected chi connectivity index (χ4v) is 2.22. The molecule has 0 radical (unpaired) electrons. The summed E-state index contributed by atoms with van der Waals surface area (Å²) in [6.07, 6.45) is -0.398. The molecule has 0 heterocycles. The number of benzene rings is 1. The molecule has 7 heteroatoms. The molecule has 0 spiro atoms. The van der Waals surface area contributed by atoms with E-state index in [4.69, 9.17) is 15.2 Å². The number of nitrogens with two attached hydrogens (primary N) is 1. The standard InChI is InChI=1S/C13H16F2INO3/c1-6(2)20-13(18)9(17)5-7-4-8(16)11(15)12(19-3)10(7)14/h4,6,9H,5,17H2,1-3H3. The van der Waals surface area contributed by atoms with Gasteiger partial charge in [-0.1, -0.05) is 0 Å². The average molecular weight is 399 g/mol. The van der Waals surface area contributed by atoms with E-state index in [2.05, 4.69) is 0 Å². The predicted octanol–water partition coefficient (Wildman–Crippen LogP) is 2.40. The molecule has 1 aromatic carbocycles. The van der Waals surface area contributed by atoms with Gasteiger partial charge in [0.2, 0.25) is 0 Å². The van der Waals surface area contributed by atoms with Crippen LogP contribution in [0.15, 0.2) is 6.07 Å². The highest BCUT2D eigenvalue weighted by Gasteiger charge is 2.23. The first kappa shape index (κ1) is 17.1. The monoisotopic (exact) mass is 399 g/mol. The molecule has 1 atom stereocenters. The van der Waals surface area contributed by atoms with Crippen LogP contribution in [0.4, 0.5) is 8.78 Å². The van der Waals surface area contributed by atoms with Gasteiger partial charge in [0, 0.05) is 6.42 Å². The van der Waals surface area contributed by atoms with E-state index < -0.39 is 29.4 Å². The summed E-state index contributed by atoms with van der Waals surface area (Å²) in [6.45, 7) is 3.38.